The van der Waals surface area contributed by atoms with Gasteiger partial charge in [-0.15, -0.1) is 0 Å². The van der Waals surface area contributed by atoms with E-state index in [4.69, 9.17) is 16.3 Å². The number of amides is 2. The monoisotopic (exact) mass is 697 g/mol. The van der Waals surface area contributed by atoms with E-state index in [1.165, 1.54) is 5.92 Å². The molecule has 0 unspecified atom stereocenters. The number of ether oxygens (including phenoxy) is 1. The largest absolute Gasteiger partial charge is 0.487 e. The van der Waals surface area contributed by atoms with Crippen molar-refractivity contribution in [1.82, 2.24) is 25.2 Å². The molecule has 3 heterocycles. The second-order valence-corrected chi connectivity index (χ2v) is 11.5. The predicted molar refractivity (Wildman–Crippen MR) is 134 cm³/mol. The van der Waals surface area contributed by atoms with E-state index in [0.29, 0.717) is 42.4 Å². The number of benzene rings is 1. The maximum atomic E-state index is 14.0. The van der Waals surface area contributed by atoms with Crippen LogP contribution >= 0.6 is 11.6 Å². The summed E-state index contributed by atoms with van der Waals surface area (Å²) in [6.07, 6.45) is 9.31. The first-order chi connectivity index (χ1) is 17.4. The number of H-pyrrole nitrogens is 1. The van der Waals surface area contributed by atoms with Crippen LogP contribution in [0.3, 0.4) is 0 Å². The molecular formula is C27H33ClN5O3Re-. The van der Waals surface area contributed by atoms with Gasteiger partial charge in [-0.2, -0.15) is 28.8 Å². The molecule has 8 nitrogen and oxygen atoms in total. The van der Waals surface area contributed by atoms with Crippen molar-refractivity contribution in [2.45, 2.75) is 70.9 Å². The van der Waals surface area contributed by atoms with Crippen molar-refractivity contribution in [2.24, 2.45) is 11.3 Å². The van der Waals surface area contributed by atoms with Gasteiger partial charge in [-0.25, -0.2) is 0 Å². The first-order valence-electron chi connectivity index (χ1n) is 13.1. The average Bonchev–Trinajstić information content (AvgIpc) is 3.27. The smallest absolute Gasteiger partial charge is 0.223 e. The summed E-state index contributed by atoms with van der Waals surface area (Å²) in [5, 5.41) is 11.3. The Morgan fingerprint density at radius 3 is 2.86 bits per heavy atom. The number of nitrogens with one attached hydrogen (secondary N) is 1. The zero-order valence-electron chi connectivity index (χ0n) is 21.1. The maximum Gasteiger partial charge on any atom is 0.223 e. The molecule has 2 saturated carbocycles. The summed E-state index contributed by atoms with van der Waals surface area (Å²) in [5.41, 5.74) is 2.80. The van der Waals surface area contributed by atoms with Crippen molar-refractivity contribution >= 4 is 23.4 Å². The van der Waals surface area contributed by atoms with Crippen molar-refractivity contribution in [3.8, 4) is 5.75 Å². The molecule has 1 N–H and O–H groups in total. The van der Waals surface area contributed by atoms with Crippen LogP contribution in [0.4, 0.5) is 0 Å². The van der Waals surface area contributed by atoms with E-state index < -0.39 is 0 Å². The quantitative estimate of drug-likeness (QED) is 0.456. The number of likely N-dealkylation sites (tertiary alicyclic amines) is 1. The molecule has 1 aromatic heterocycles. The number of nitrogens with zero attached hydrogens (tertiary/aromatic N) is 4. The van der Waals surface area contributed by atoms with E-state index in [2.05, 4.69) is 22.3 Å². The van der Waals surface area contributed by atoms with Crippen LogP contribution in [-0.4, -0.2) is 56.7 Å². The first kappa shape index (κ1) is 26.7. The first-order valence-corrected chi connectivity index (χ1v) is 13.5. The predicted octanol–water partition coefficient (Wildman–Crippen LogP) is 4.26. The van der Waals surface area contributed by atoms with E-state index in [9.17, 15) is 9.59 Å². The summed E-state index contributed by atoms with van der Waals surface area (Å²) < 4.78 is 6.25. The van der Waals surface area contributed by atoms with Crippen molar-refractivity contribution in [3.05, 3.63) is 46.1 Å². The molecule has 0 bridgehead atoms. The van der Waals surface area contributed by atoms with Crippen molar-refractivity contribution in [2.75, 3.05) is 19.6 Å². The van der Waals surface area contributed by atoms with Crippen LogP contribution in [0.25, 0.3) is 0 Å². The normalized spacial score (nSPS) is 24.6. The van der Waals surface area contributed by atoms with Gasteiger partial charge in [0.05, 0.1) is 12.2 Å². The summed E-state index contributed by atoms with van der Waals surface area (Å²) in [6, 6.07) is 3.46. The molecule has 6 rings (SSSR count). The van der Waals surface area contributed by atoms with Gasteiger partial charge in [0.15, 0.2) is 5.91 Å². The molecule has 10 heteroatoms. The van der Waals surface area contributed by atoms with E-state index in [1.807, 2.05) is 21.9 Å². The van der Waals surface area contributed by atoms with Crippen LogP contribution in [0, 0.1) is 17.3 Å². The van der Waals surface area contributed by atoms with Gasteiger partial charge in [-0.1, -0.05) is 36.8 Å². The van der Waals surface area contributed by atoms with Gasteiger partial charge in [0.1, 0.15) is 18.1 Å². The molecule has 1 saturated heterocycles. The molecule has 2 aliphatic carbocycles. The molecule has 2 aromatic rings. The number of hydrogen-bond acceptors (Lipinski definition) is 5. The Bertz CT molecular complexity index is 1160. The van der Waals surface area contributed by atoms with E-state index in [0.717, 1.165) is 56.2 Å². The van der Waals surface area contributed by atoms with E-state index >= 15 is 0 Å². The standard InChI is InChI=1S/C27H33ClN5O3.Re/c1-17-4-2-3-5-19(17)26(35)33-11-8-20-21(28)6-7-23(36-15-18-13-29-31-30-18)25(20)22(33)14-32-16-27(9-10-27)12-24(32)34;/h6-7,13,19,22H,2-5,8-12,14-16H2,1H3,(H,29,30,31);/q-1;/t19-,22-;/m1./s1. The van der Waals surface area contributed by atoms with Gasteiger partial charge in [0.2, 0.25) is 5.91 Å². The Hall–Kier alpha value is -1.95. The van der Waals surface area contributed by atoms with Crippen LogP contribution in [0.5, 0.6) is 5.75 Å². The number of fused-ring (bicyclic) bond motifs is 1. The zero-order valence-corrected chi connectivity index (χ0v) is 24.6. The maximum absolute atomic E-state index is 14.0. The van der Waals surface area contributed by atoms with Crippen molar-refractivity contribution in [3.63, 3.8) is 0 Å². The minimum absolute atomic E-state index is 0. The fourth-order valence-electron chi connectivity index (χ4n) is 6.38. The number of aromatic amines is 1. The van der Waals surface area contributed by atoms with Gasteiger partial charge in [0, 0.05) is 57.1 Å². The number of halogens is 1. The summed E-state index contributed by atoms with van der Waals surface area (Å²) in [4.78, 5) is 31.0. The summed E-state index contributed by atoms with van der Waals surface area (Å²) in [6.45, 7) is 4.24. The fraction of sp³-hybridized carbons (Fsp3) is 0.593. The number of rotatable bonds is 6. The van der Waals surface area contributed by atoms with Crippen LogP contribution in [-0.2, 0) is 43.0 Å². The van der Waals surface area contributed by atoms with Gasteiger partial charge in [-0.3, -0.25) is 9.59 Å². The summed E-state index contributed by atoms with van der Waals surface area (Å²) in [5.74, 6) is 2.29. The average molecular weight is 697 g/mol. The second kappa shape index (κ2) is 10.7. The van der Waals surface area contributed by atoms with E-state index in [1.54, 1.807) is 6.20 Å². The molecule has 199 valence electrons. The topological polar surface area (TPSA) is 91.4 Å². The molecule has 1 radical (unpaired) electrons. The van der Waals surface area contributed by atoms with Gasteiger partial charge in [-0.05, 0) is 42.4 Å². The molecule has 2 aliphatic heterocycles. The molecule has 1 aromatic carbocycles. The summed E-state index contributed by atoms with van der Waals surface area (Å²) in [7, 11) is 0. The van der Waals surface area contributed by atoms with E-state index in [-0.39, 0.29) is 56.2 Å². The molecule has 3 fully saturated rings. The third-order valence-electron chi connectivity index (χ3n) is 8.66. The number of hydrogen-bond donors (Lipinski definition) is 1. The zero-order chi connectivity index (χ0) is 24.9. The Balaban J connectivity index is 0.00000280. The molecule has 2 atom stereocenters. The van der Waals surface area contributed by atoms with Crippen LogP contribution < -0.4 is 4.74 Å². The third kappa shape index (κ3) is 5.20. The Kier molecular flexibility index (Phi) is 7.68. The number of aromatic nitrogens is 3. The molecular weight excluding hydrogens is 664 g/mol. The minimum atomic E-state index is -0.292. The molecule has 1 spiro atoms. The SMILES string of the molecule is C[C-]1CCCC[C@H]1C(=O)N1CCc2c(Cl)ccc(OCc3cn[nH]n3)c2[C@H]1CN1CC2(CC2)CC1=O.[Re]. The molecule has 2 amide bonds. The van der Waals surface area contributed by atoms with Crippen LogP contribution in [0.2, 0.25) is 5.02 Å². The fourth-order valence-corrected chi connectivity index (χ4v) is 6.64. The number of carbonyl (C=O) groups is 2. The van der Waals surface area contributed by atoms with Gasteiger partial charge < -0.3 is 20.5 Å². The summed E-state index contributed by atoms with van der Waals surface area (Å²) >= 11 is 6.71. The van der Waals surface area contributed by atoms with Crippen molar-refractivity contribution < 1.29 is 34.7 Å². The Labute approximate surface area is 236 Å². The Morgan fingerprint density at radius 2 is 2.16 bits per heavy atom. The number of carbonyl (C=O) groups excluding carboxylic acids is 2. The van der Waals surface area contributed by atoms with Crippen LogP contribution in [0.15, 0.2) is 18.3 Å². The van der Waals surface area contributed by atoms with Crippen molar-refractivity contribution in [1.29, 1.82) is 0 Å². The molecule has 4 aliphatic rings. The second-order valence-electron chi connectivity index (χ2n) is 11.1. The Morgan fingerprint density at radius 1 is 1.32 bits per heavy atom. The minimum Gasteiger partial charge on any atom is -0.487 e. The molecule has 37 heavy (non-hydrogen) atoms. The third-order valence-corrected chi connectivity index (χ3v) is 9.01. The van der Waals surface area contributed by atoms with Gasteiger partial charge >= 0.3 is 0 Å². The van der Waals surface area contributed by atoms with Crippen LogP contribution in [0.1, 0.15) is 74.7 Å². The van der Waals surface area contributed by atoms with Gasteiger partial charge in [0.25, 0.3) is 0 Å².